The lowest BCUT2D eigenvalue weighted by molar-refractivity contribution is -0.133. The highest BCUT2D eigenvalue weighted by Gasteiger charge is 2.46. The molecule has 1 N–H and O–H groups in total. The topological polar surface area (TPSA) is 58.1 Å². The van der Waals surface area contributed by atoms with Gasteiger partial charge in [-0.25, -0.2) is 0 Å². The third-order valence-electron chi connectivity index (χ3n) is 4.19. The number of hydrogen-bond acceptors (Lipinski definition) is 5. The predicted molar refractivity (Wildman–Crippen MR) is 73.5 cm³/mol. The molecule has 2 aliphatic rings. The average Bonchev–Trinajstić information content (AvgIpc) is 3.07. The van der Waals surface area contributed by atoms with Gasteiger partial charge in [0.2, 0.25) is 5.91 Å². The van der Waals surface area contributed by atoms with Crippen molar-refractivity contribution >= 4 is 17.4 Å². The molecular formula is C13H20N4OS. The summed E-state index contributed by atoms with van der Waals surface area (Å²) >= 11 is 1.33. The van der Waals surface area contributed by atoms with Gasteiger partial charge in [-0.3, -0.25) is 10.1 Å². The highest BCUT2D eigenvalue weighted by Crippen LogP contribution is 2.34. The molecule has 0 radical (unpaired) electrons. The molecule has 104 valence electrons. The lowest BCUT2D eigenvalue weighted by Gasteiger charge is -2.25. The van der Waals surface area contributed by atoms with E-state index < -0.39 is 5.54 Å². The van der Waals surface area contributed by atoms with Crippen LogP contribution >= 0.6 is 11.5 Å². The van der Waals surface area contributed by atoms with E-state index in [1.54, 1.807) is 0 Å². The number of nitrogens with zero attached hydrogens (tertiary/aromatic N) is 3. The molecule has 1 unspecified atom stereocenters. The molecule has 6 heteroatoms. The molecular weight excluding hydrogens is 260 g/mol. The largest absolute Gasteiger partial charge is 0.319 e. The minimum atomic E-state index is -0.507. The molecule has 0 spiro atoms. The van der Waals surface area contributed by atoms with Gasteiger partial charge >= 0.3 is 0 Å². The van der Waals surface area contributed by atoms with Crippen molar-refractivity contribution in [3.05, 3.63) is 11.1 Å². The third kappa shape index (κ3) is 2.39. The molecule has 0 bridgehead atoms. The van der Waals surface area contributed by atoms with Gasteiger partial charge < -0.3 is 4.90 Å². The fourth-order valence-electron chi connectivity index (χ4n) is 3.14. The zero-order valence-electron chi connectivity index (χ0n) is 11.4. The van der Waals surface area contributed by atoms with Crippen LogP contribution < -0.4 is 5.32 Å². The maximum Gasteiger partial charge on any atom is 0.243 e. The fourth-order valence-corrected chi connectivity index (χ4v) is 3.61. The molecule has 1 saturated carbocycles. The van der Waals surface area contributed by atoms with Gasteiger partial charge in [-0.05, 0) is 44.1 Å². The highest BCUT2D eigenvalue weighted by atomic mass is 32.1. The standard InChI is InChI=1S/C13H20N4OS/c1-13(2)12(18)17(7-9-5-3-4-6-9)11(14-13)10-8-19-16-15-10/h8-9,11,14H,3-7H2,1-2H3. The predicted octanol–water partition coefficient (Wildman–Crippen LogP) is 1.94. The number of rotatable bonds is 3. The van der Waals surface area contributed by atoms with E-state index in [1.807, 2.05) is 24.1 Å². The Morgan fingerprint density at radius 2 is 2.21 bits per heavy atom. The molecule has 1 aliphatic carbocycles. The van der Waals surface area contributed by atoms with Gasteiger partial charge in [0.15, 0.2) is 0 Å². The van der Waals surface area contributed by atoms with E-state index in [-0.39, 0.29) is 12.1 Å². The van der Waals surface area contributed by atoms with Crippen molar-refractivity contribution in [2.45, 2.75) is 51.2 Å². The van der Waals surface area contributed by atoms with Crippen LogP contribution in [-0.2, 0) is 4.79 Å². The first-order chi connectivity index (χ1) is 9.08. The summed E-state index contributed by atoms with van der Waals surface area (Å²) in [7, 11) is 0. The van der Waals surface area contributed by atoms with E-state index in [0.717, 1.165) is 12.2 Å². The SMILES string of the molecule is CC1(C)NC(c2csnn2)N(CC2CCCC2)C1=O. The first-order valence-electron chi connectivity index (χ1n) is 6.93. The van der Waals surface area contributed by atoms with Crippen molar-refractivity contribution in [3.63, 3.8) is 0 Å². The van der Waals surface area contributed by atoms with Gasteiger partial charge in [0.05, 0.1) is 5.54 Å². The minimum absolute atomic E-state index is 0.109. The summed E-state index contributed by atoms with van der Waals surface area (Å²) in [4.78, 5) is 14.5. The molecule has 1 aliphatic heterocycles. The van der Waals surface area contributed by atoms with Crippen molar-refractivity contribution in [1.82, 2.24) is 19.8 Å². The molecule has 1 saturated heterocycles. The monoisotopic (exact) mass is 280 g/mol. The number of carbonyl (C=O) groups excluding carboxylic acids is 1. The molecule has 1 aromatic rings. The second-order valence-electron chi connectivity index (χ2n) is 6.11. The van der Waals surface area contributed by atoms with E-state index in [4.69, 9.17) is 0 Å². The third-order valence-corrected chi connectivity index (χ3v) is 4.71. The first-order valence-corrected chi connectivity index (χ1v) is 7.77. The molecule has 0 aromatic carbocycles. The quantitative estimate of drug-likeness (QED) is 0.919. The summed E-state index contributed by atoms with van der Waals surface area (Å²) in [6, 6.07) is 0. The number of nitrogens with one attached hydrogen (secondary N) is 1. The summed E-state index contributed by atoms with van der Waals surface area (Å²) in [6.45, 7) is 4.73. The molecule has 5 nitrogen and oxygen atoms in total. The Hall–Kier alpha value is -1.01. The lowest BCUT2D eigenvalue weighted by Crippen LogP contribution is -2.40. The Morgan fingerprint density at radius 3 is 2.84 bits per heavy atom. The molecule has 2 fully saturated rings. The smallest absolute Gasteiger partial charge is 0.243 e. The van der Waals surface area contributed by atoms with E-state index >= 15 is 0 Å². The number of amides is 1. The van der Waals surface area contributed by atoms with Crippen LogP contribution in [0.3, 0.4) is 0 Å². The van der Waals surface area contributed by atoms with Gasteiger partial charge in [-0.15, -0.1) is 5.10 Å². The summed E-state index contributed by atoms with van der Waals surface area (Å²) in [5.41, 5.74) is 0.356. The van der Waals surface area contributed by atoms with Crippen LogP contribution in [0.4, 0.5) is 0 Å². The van der Waals surface area contributed by atoms with E-state index in [0.29, 0.717) is 5.92 Å². The summed E-state index contributed by atoms with van der Waals surface area (Å²) in [5.74, 6) is 0.825. The number of carbonyl (C=O) groups is 1. The molecule has 3 rings (SSSR count). The Balaban J connectivity index is 1.82. The Bertz CT molecular complexity index is 453. The normalized spacial score (nSPS) is 27.4. The second kappa shape index (κ2) is 4.83. The van der Waals surface area contributed by atoms with Crippen molar-refractivity contribution in [1.29, 1.82) is 0 Å². The van der Waals surface area contributed by atoms with Crippen LogP contribution in [0.1, 0.15) is 51.4 Å². The van der Waals surface area contributed by atoms with Gasteiger partial charge in [0, 0.05) is 11.9 Å². The molecule has 1 aromatic heterocycles. The van der Waals surface area contributed by atoms with Crippen LogP contribution in [0.25, 0.3) is 0 Å². The zero-order chi connectivity index (χ0) is 13.5. The van der Waals surface area contributed by atoms with Gasteiger partial charge in [-0.2, -0.15) is 0 Å². The summed E-state index contributed by atoms with van der Waals surface area (Å²) in [5, 5.41) is 9.45. The lowest BCUT2D eigenvalue weighted by atomic mass is 10.0. The summed E-state index contributed by atoms with van der Waals surface area (Å²) in [6.07, 6.45) is 4.97. The molecule has 19 heavy (non-hydrogen) atoms. The maximum atomic E-state index is 12.5. The maximum absolute atomic E-state index is 12.5. The Labute approximate surface area is 117 Å². The van der Waals surface area contributed by atoms with Gasteiger partial charge in [0.1, 0.15) is 11.9 Å². The van der Waals surface area contributed by atoms with E-state index in [1.165, 1.54) is 37.2 Å². The van der Waals surface area contributed by atoms with Crippen molar-refractivity contribution in [2.24, 2.45) is 5.92 Å². The van der Waals surface area contributed by atoms with Crippen molar-refractivity contribution in [3.8, 4) is 0 Å². The number of aromatic nitrogens is 2. The minimum Gasteiger partial charge on any atom is -0.319 e. The van der Waals surface area contributed by atoms with Gasteiger partial charge in [0.25, 0.3) is 0 Å². The molecule has 2 heterocycles. The molecule has 1 amide bonds. The van der Waals surface area contributed by atoms with E-state index in [9.17, 15) is 4.79 Å². The van der Waals surface area contributed by atoms with Crippen molar-refractivity contribution < 1.29 is 4.79 Å². The van der Waals surface area contributed by atoms with Crippen LogP contribution in [0.5, 0.6) is 0 Å². The fraction of sp³-hybridized carbons (Fsp3) is 0.769. The van der Waals surface area contributed by atoms with Crippen LogP contribution in [0.2, 0.25) is 0 Å². The Kier molecular flexibility index (Phi) is 3.30. The van der Waals surface area contributed by atoms with Crippen LogP contribution in [0.15, 0.2) is 5.38 Å². The summed E-state index contributed by atoms with van der Waals surface area (Å²) < 4.78 is 3.92. The molecule has 1 atom stereocenters. The number of hydrogen-bond donors (Lipinski definition) is 1. The average molecular weight is 280 g/mol. The van der Waals surface area contributed by atoms with Crippen LogP contribution in [0, 0.1) is 5.92 Å². The zero-order valence-corrected chi connectivity index (χ0v) is 12.2. The van der Waals surface area contributed by atoms with Crippen molar-refractivity contribution in [2.75, 3.05) is 6.54 Å². The van der Waals surface area contributed by atoms with Crippen LogP contribution in [-0.4, -0.2) is 32.5 Å². The van der Waals surface area contributed by atoms with E-state index in [2.05, 4.69) is 14.9 Å². The first kappa shape index (κ1) is 13.0. The second-order valence-corrected chi connectivity index (χ2v) is 6.72. The van der Waals surface area contributed by atoms with Gasteiger partial charge in [-0.1, -0.05) is 17.3 Å². The Morgan fingerprint density at radius 1 is 1.47 bits per heavy atom. The highest BCUT2D eigenvalue weighted by molar-refractivity contribution is 7.03.